The van der Waals surface area contributed by atoms with E-state index in [-0.39, 0.29) is 11.3 Å². The lowest BCUT2D eigenvalue weighted by atomic mass is 10.1. The fourth-order valence-corrected chi connectivity index (χ4v) is 2.38. The van der Waals surface area contributed by atoms with Gasteiger partial charge in [-0.1, -0.05) is 23.9 Å². The zero-order valence-electron chi connectivity index (χ0n) is 9.71. The van der Waals surface area contributed by atoms with Crippen LogP contribution in [0.4, 0.5) is 5.69 Å². The molecular weight excluding hydrogens is 252 g/mol. The van der Waals surface area contributed by atoms with Gasteiger partial charge >= 0.3 is 5.97 Å². The highest BCUT2D eigenvalue weighted by atomic mass is 32.2. The van der Waals surface area contributed by atoms with Gasteiger partial charge in [0.1, 0.15) is 6.26 Å². The minimum absolute atomic E-state index is 0.147. The van der Waals surface area contributed by atoms with E-state index in [2.05, 4.69) is 4.98 Å². The summed E-state index contributed by atoms with van der Waals surface area (Å²) in [5.74, 6) is -0.570. The Bertz CT molecular complexity index is 580. The predicted molar refractivity (Wildman–Crippen MR) is 68.6 cm³/mol. The standard InChI is InChI=1S/C12H12N2O3S/c1-7-5-17-12(14-7)18-6-8-3-2-4-9(13)10(8)11(15)16/h2-5H,6,13H2,1H3,(H,15,16). The Morgan fingerprint density at radius 1 is 1.56 bits per heavy atom. The Labute approximate surface area is 108 Å². The van der Waals surface area contributed by atoms with Gasteiger partial charge in [-0.2, -0.15) is 0 Å². The molecule has 0 bridgehead atoms. The van der Waals surface area contributed by atoms with Gasteiger partial charge in [0, 0.05) is 11.4 Å². The van der Waals surface area contributed by atoms with Crippen molar-refractivity contribution in [2.24, 2.45) is 0 Å². The first-order chi connectivity index (χ1) is 8.58. The lowest BCUT2D eigenvalue weighted by Crippen LogP contribution is -2.06. The Morgan fingerprint density at radius 2 is 2.33 bits per heavy atom. The van der Waals surface area contributed by atoms with Crippen molar-refractivity contribution in [3.05, 3.63) is 41.3 Å². The van der Waals surface area contributed by atoms with Gasteiger partial charge in [-0.15, -0.1) is 0 Å². The van der Waals surface area contributed by atoms with Crippen LogP contribution in [-0.4, -0.2) is 16.1 Å². The number of aryl methyl sites for hydroxylation is 1. The van der Waals surface area contributed by atoms with Crippen molar-refractivity contribution in [2.75, 3.05) is 5.73 Å². The third-order valence-corrected chi connectivity index (χ3v) is 3.24. The van der Waals surface area contributed by atoms with Crippen LogP contribution >= 0.6 is 11.8 Å². The maximum atomic E-state index is 11.1. The van der Waals surface area contributed by atoms with E-state index in [0.29, 0.717) is 16.5 Å². The van der Waals surface area contributed by atoms with Gasteiger partial charge in [0.25, 0.3) is 5.22 Å². The number of carboxylic acids is 1. The maximum absolute atomic E-state index is 11.1. The molecule has 0 saturated carbocycles. The molecule has 3 N–H and O–H groups in total. The summed E-state index contributed by atoms with van der Waals surface area (Å²) in [5.41, 5.74) is 7.53. The molecule has 0 spiro atoms. The summed E-state index contributed by atoms with van der Waals surface area (Å²) in [4.78, 5) is 15.3. The first kappa shape index (κ1) is 12.5. The summed E-state index contributed by atoms with van der Waals surface area (Å²) in [6, 6.07) is 5.05. The monoisotopic (exact) mass is 264 g/mol. The van der Waals surface area contributed by atoms with Crippen LogP contribution in [0.2, 0.25) is 0 Å². The molecule has 1 aromatic heterocycles. The molecule has 2 aromatic rings. The highest BCUT2D eigenvalue weighted by Gasteiger charge is 2.14. The quantitative estimate of drug-likeness (QED) is 0.651. The van der Waals surface area contributed by atoms with Crippen LogP contribution in [0.15, 0.2) is 34.1 Å². The van der Waals surface area contributed by atoms with E-state index in [1.54, 1.807) is 24.5 Å². The molecule has 6 heteroatoms. The van der Waals surface area contributed by atoms with E-state index in [1.165, 1.54) is 11.8 Å². The molecule has 0 aliphatic carbocycles. The molecule has 0 atom stereocenters. The molecule has 1 heterocycles. The molecule has 94 valence electrons. The smallest absolute Gasteiger partial charge is 0.338 e. The van der Waals surface area contributed by atoms with Gasteiger partial charge in [-0.25, -0.2) is 9.78 Å². The molecule has 0 unspecified atom stereocenters. The fraction of sp³-hybridized carbons (Fsp3) is 0.167. The van der Waals surface area contributed by atoms with Gasteiger partial charge in [0.05, 0.1) is 11.3 Å². The number of hydrogen-bond acceptors (Lipinski definition) is 5. The summed E-state index contributed by atoms with van der Waals surface area (Å²) in [6.45, 7) is 1.83. The minimum Gasteiger partial charge on any atom is -0.478 e. The number of benzene rings is 1. The third kappa shape index (κ3) is 2.65. The Hall–Kier alpha value is -1.95. The summed E-state index contributed by atoms with van der Waals surface area (Å²) in [5, 5.41) is 9.64. The van der Waals surface area contributed by atoms with Crippen molar-refractivity contribution in [3.63, 3.8) is 0 Å². The van der Waals surface area contributed by atoms with Crippen LogP contribution in [-0.2, 0) is 5.75 Å². The van der Waals surface area contributed by atoms with Crippen LogP contribution in [0, 0.1) is 6.92 Å². The molecule has 2 rings (SSSR count). The molecule has 0 amide bonds. The van der Waals surface area contributed by atoms with Crippen molar-refractivity contribution < 1.29 is 14.3 Å². The first-order valence-corrected chi connectivity index (χ1v) is 6.22. The molecule has 1 aromatic carbocycles. The predicted octanol–water partition coefficient (Wildman–Crippen LogP) is 2.56. The number of carboxylic acid groups (broad SMARTS) is 1. The van der Waals surface area contributed by atoms with E-state index in [9.17, 15) is 4.79 Å². The molecular formula is C12H12N2O3S. The Kier molecular flexibility index (Phi) is 3.57. The van der Waals surface area contributed by atoms with Crippen LogP contribution in [0.5, 0.6) is 0 Å². The highest BCUT2D eigenvalue weighted by molar-refractivity contribution is 7.98. The minimum atomic E-state index is -1.02. The molecule has 0 radical (unpaired) electrons. The second-order valence-corrected chi connectivity index (χ2v) is 4.66. The van der Waals surface area contributed by atoms with Crippen LogP contribution in [0.1, 0.15) is 21.6 Å². The maximum Gasteiger partial charge on any atom is 0.338 e. The molecule has 5 nitrogen and oxygen atoms in total. The molecule has 0 aliphatic heterocycles. The number of oxazole rings is 1. The highest BCUT2D eigenvalue weighted by Crippen LogP contribution is 2.26. The van der Waals surface area contributed by atoms with Gasteiger partial charge in [-0.3, -0.25) is 0 Å². The van der Waals surface area contributed by atoms with E-state index >= 15 is 0 Å². The number of aromatic carboxylic acids is 1. The van der Waals surface area contributed by atoms with E-state index < -0.39 is 5.97 Å². The largest absolute Gasteiger partial charge is 0.478 e. The number of carbonyl (C=O) groups is 1. The van der Waals surface area contributed by atoms with Crippen molar-refractivity contribution in [2.45, 2.75) is 17.9 Å². The van der Waals surface area contributed by atoms with Gasteiger partial charge in [0.15, 0.2) is 0 Å². The second-order valence-electron chi connectivity index (χ2n) is 3.73. The summed E-state index contributed by atoms with van der Waals surface area (Å²) in [6.07, 6.45) is 1.56. The zero-order valence-corrected chi connectivity index (χ0v) is 10.5. The Balaban J connectivity index is 2.19. The van der Waals surface area contributed by atoms with Crippen molar-refractivity contribution in [1.82, 2.24) is 4.98 Å². The number of rotatable bonds is 4. The number of aromatic nitrogens is 1. The van der Waals surface area contributed by atoms with Crippen molar-refractivity contribution in [3.8, 4) is 0 Å². The molecule has 0 fully saturated rings. The zero-order chi connectivity index (χ0) is 13.1. The third-order valence-electron chi connectivity index (χ3n) is 2.35. The normalized spacial score (nSPS) is 10.5. The van der Waals surface area contributed by atoms with Gasteiger partial charge in [0.2, 0.25) is 0 Å². The average molecular weight is 264 g/mol. The molecule has 18 heavy (non-hydrogen) atoms. The summed E-state index contributed by atoms with van der Waals surface area (Å²) >= 11 is 1.34. The topological polar surface area (TPSA) is 89.3 Å². The van der Waals surface area contributed by atoms with Crippen LogP contribution in [0.3, 0.4) is 0 Å². The fourth-order valence-electron chi connectivity index (χ4n) is 1.54. The SMILES string of the molecule is Cc1coc(SCc2cccc(N)c2C(=O)O)n1. The second kappa shape index (κ2) is 5.14. The van der Waals surface area contributed by atoms with Crippen molar-refractivity contribution in [1.29, 1.82) is 0 Å². The average Bonchev–Trinajstić information content (AvgIpc) is 2.72. The van der Waals surface area contributed by atoms with Crippen LogP contribution in [0.25, 0.3) is 0 Å². The van der Waals surface area contributed by atoms with E-state index in [4.69, 9.17) is 15.3 Å². The molecule has 0 saturated heterocycles. The van der Waals surface area contributed by atoms with E-state index in [1.807, 2.05) is 6.92 Å². The number of hydrogen-bond donors (Lipinski definition) is 2. The van der Waals surface area contributed by atoms with Crippen molar-refractivity contribution >= 4 is 23.4 Å². The van der Waals surface area contributed by atoms with E-state index in [0.717, 1.165) is 5.69 Å². The first-order valence-electron chi connectivity index (χ1n) is 5.23. The number of nitrogens with zero attached hydrogens (tertiary/aromatic N) is 1. The van der Waals surface area contributed by atoms with Crippen LogP contribution < -0.4 is 5.73 Å². The summed E-state index contributed by atoms with van der Waals surface area (Å²) < 4.78 is 5.19. The number of anilines is 1. The Morgan fingerprint density at radius 3 is 2.94 bits per heavy atom. The lowest BCUT2D eigenvalue weighted by molar-refractivity contribution is 0.0697. The number of nitrogens with two attached hydrogens (primary N) is 1. The molecule has 0 aliphatic rings. The number of nitrogen functional groups attached to an aromatic ring is 1. The number of thioether (sulfide) groups is 1. The lowest BCUT2D eigenvalue weighted by Gasteiger charge is -2.06. The van der Waals surface area contributed by atoms with Gasteiger partial charge in [-0.05, 0) is 18.6 Å². The van der Waals surface area contributed by atoms with Gasteiger partial charge < -0.3 is 15.3 Å². The summed E-state index contributed by atoms with van der Waals surface area (Å²) in [7, 11) is 0.